The van der Waals surface area contributed by atoms with Crippen LogP contribution in [0.4, 0.5) is 0 Å². The quantitative estimate of drug-likeness (QED) is 0.127. The molecule has 216 valence electrons. The van der Waals surface area contributed by atoms with Crippen LogP contribution in [0.3, 0.4) is 0 Å². The molecule has 4 aromatic carbocycles. The SMILES string of the molecule is CCOB(OC(C)(C)CC)C1=C=C=C(c2ccc3c(c2)c2ccc4c(ccn4-c4ccccc4)c2n3-c2ccccc2)C=C1. The van der Waals surface area contributed by atoms with Crippen molar-refractivity contribution in [3.8, 4) is 11.4 Å². The van der Waals surface area contributed by atoms with Crippen LogP contribution >= 0.6 is 0 Å². The summed E-state index contributed by atoms with van der Waals surface area (Å²) in [5.41, 5.74) is 15.2. The van der Waals surface area contributed by atoms with Crippen LogP contribution in [-0.2, 0) is 9.31 Å². The van der Waals surface area contributed by atoms with Gasteiger partial charge in [0.15, 0.2) is 0 Å². The fourth-order valence-electron chi connectivity index (χ4n) is 5.97. The monoisotopic (exact) mass is 574 g/mol. The van der Waals surface area contributed by atoms with Gasteiger partial charge in [-0.25, -0.2) is 0 Å². The molecule has 0 aliphatic heterocycles. The van der Waals surface area contributed by atoms with Gasteiger partial charge in [-0.05, 0) is 87.4 Å². The van der Waals surface area contributed by atoms with E-state index in [1.54, 1.807) is 0 Å². The molecule has 1 aliphatic rings. The summed E-state index contributed by atoms with van der Waals surface area (Å²) in [6.07, 6.45) is 7.20. The van der Waals surface area contributed by atoms with Crippen LogP contribution in [-0.4, -0.2) is 28.5 Å². The van der Waals surface area contributed by atoms with Crippen molar-refractivity contribution in [1.29, 1.82) is 0 Å². The number of para-hydroxylation sites is 2. The summed E-state index contributed by atoms with van der Waals surface area (Å²) in [7, 11) is -0.475. The molecule has 2 aromatic heterocycles. The highest BCUT2D eigenvalue weighted by atomic mass is 16.6. The molecule has 7 rings (SSSR count). The van der Waals surface area contributed by atoms with E-state index >= 15 is 0 Å². The van der Waals surface area contributed by atoms with Crippen LogP contribution in [0, 0.1) is 0 Å². The lowest BCUT2D eigenvalue weighted by molar-refractivity contribution is 0.0689. The number of fused-ring (bicyclic) bond motifs is 5. The Morgan fingerprint density at radius 3 is 2.14 bits per heavy atom. The van der Waals surface area contributed by atoms with Gasteiger partial charge in [0.25, 0.3) is 0 Å². The first-order valence-electron chi connectivity index (χ1n) is 15.4. The maximum atomic E-state index is 6.30. The minimum absolute atomic E-state index is 0.294. The number of nitrogens with zero attached hydrogens (tertiary/aromatic N) is 2. The molecule has 0 saturated heterocycles. The van der Waals surface area contributed by atoms with E-state index in [4.69, 9.17) is 9.31 Å². The summed E-state index contributed by atoms with van der Waals surface area (Å²) in [5, 5.41) is 3.64. The van der Waals surface area contributed by atoms with Crippen LogP contribution in [0.2, 0.25) is 0 Å². The molecule has 4 nitrogen and oxygen atoms in total. The van der Waals surface area contributed by atoms with Crippen LogP contribution in [0.15, 0.2) is 132 Å². The summed E-state index contributed by atoms with van der Waals surface area (Å²) in [6, 6.07) is 34.6. The molecule has 0 unspecified atom stereocenters. The largest absolute Gasteiger partial charge is 0.503 e. The number of hydrogen-bond acceptors (Lipinski definition) is 2. The molecule has 0 N–H and O–H groups in total. The Morgan fingerprint density at radius 1 is 0.727 bits per heavy atom. The fraction of sp³-hybridized carbons (Fsp3) is 0.179. The topological polar surface area (TPSA) is 28.3 Å². The summed E-state index contributed by atoms with van der Waals surface area (Å²) < 4.78 is 16.9. The zero-order chi connectivity index (χ0) is 30.3. The van der Waals surface area contributed by atoms with E-state index in [2.05, 4.69) is 151 Å². The Morgan fingerprint density at radius 2 is 1.45 bits per heavy atom. The molecule has 5 heteroatoms. The molecule has 0 spiro atoms. The number of rotatable bonds is 9. The van der Waals surface area contributed by atoms with Crippen molar-refractivity contribution in [2.24, 2.45) is 0 Å². The zero-order valence-corrected chi connectivity index (χ0v) is 25.7. The molecule has 1 aliphatic carbocycles. The number of aromatic nitrogens is 2. The Kier molecular flexibility index (Phi) is 7.26. The van der Waals surface area contributed by atoms with E-state index in [1.807, 2.05) is 13.0 Å². The summed E-state index contributed by atoms with van der Waals surface area (Å²) in [5.74, 6) is 0. The van der Waals surface area contributed by atoms with Gasteiger partial charge in [0.1, 0.15) is 0 Å². The van der Waals surface area contributed by atoms with Gasteiger partial charge in [0.2, 0.25) is 0 Å². The molecule has 0 bridgehead atoms. The zero-order valence-electron chi connectivity index (χ0n) is 25.7. The second-order valence-electron chi connectivity index (χ2n) is 11.8. The number of allylic oxidation sites excluding steroid dienone is 4. The molecule has 6 aromatic rings. The van der Waals surface area contributed by atoms with Crippen molar-refractivity contribution in [1.82, 2.24) is 9.13 Å². The lowest BCUT2D eigenvalue weighted by Crippen LogP contribution is -2.36. The first-order valence-corrected chi connectivity index (χ1v) is 15.4. The second kappa shape index (κ2) is 11.4. The van der Waals surface area contributed by atoms with Crippen molar-refractivity contribution in [2.45, 2.75) is 39.7 Å². The van der Waals surface area contributed by atoms with E-state index in [-0.39, 0.29) is 5.60 Å². The summed E-state index contributed by atoms with van der Waals surface area (Å²) in [6.45, 7) is 8.84. The van der Waals surface area contributed by atoms with E-state index in [0.29, 0.717) is 6.61 Å². The standard InChI is InChI=1S/C39H35BN2O2/c1-5-39(3,4)44-40(43-6-2)30-20-17-28(18-21-30)29-19-23-37-35(27-29)33-22-24-36-34(25-26-41(36)31-13-9-7-10-14-31)38(33)42(37)32-15-11-8-12-16-32/h7-17,19-20,22-27H,5-6H2,1-4H3. The highest BCUT2D eigenvalue weighted by Gasteiger charge is 2.30. The van der Waals surface area contributed by atoms with Crippen molar-refractivity contribution in [3.63, 3.8) is 0 Å². The molecule has 0 fully saturated rings. The average Bonchev–Trinajstić information content (AvgIpc) is 3.64. The van der Waals surface area contributed by atoms with Gasteiger partial charge >= 0.3 is 7.12 Å². The Bertz CT molecular complexity index is 2140. The predicted octanol–water partition coefficient (Wildman–Crippen LogP) is 9.63. The first-order chi connectivity index (χ1) is 21.5. The van der Waals surface area contributed by atoms with Crippen molar-refractivity contribution < 1.29 is 9.31 Å². The van der Waals surface area contributed by atoms with Gasteiger partial charge in [-0.2, -0.15) is 0 Å². The summed E-state index contributed by atoms with van der Waals surface area (Å²) >= 11 is 0. The van der Waals surface area contributed by atoms with E-state index in [0.717, 1.165) is 34.4 Å². The van der Waals surface area contributed by atoms with Crippen molar-refractivity contribution in [2.75, 3.05) is 6.61 Å². The first kappa shape index (κ1) is 28.0. The molecule has 0 amide bonds. The van der Waals surface area contributed by atoms with Gasteiger partial charge in [-0.1, -0.05) is 73.0 Å². The van der Waals surface area contributed by atoms with Gasteiger partial charge in [0.05, 0.1) is 16.6 Å². The lowest BCUT2D eigenvalue weighted by atomic mass is 9.75. The van der Waals surface area contributed by atoms with Gasteiger partial charge in [-0.15, -0.1) is 0 Å². The Balaban J connectivity index is 1.40. The highest BCUT2D eigenvalue weighted by Crippen LogP contribution is 2.39. The van der Waals surface area contributed by atoms with Crippen LogP contribution in [0.1, 0.15) is 39.7 Å². The molecule has 0 atom stereocenters. The van der Waals surface area contributed by atoms with Crippen molar-refractivity contribution in [3.05, 3.63) is 138 Å². The van der Waals surface area contributed by atoms with Gasteiger partial charge < -0.3 is 18.4 Å². The number of benzene rings is 4. The van der Waals surface area contributed by atoms with E-state index < -0.39 is 7.12 Å². The minimum Gasteiger partial charge on any atom is -0.407 e. The normalized spacial score (nSPS) is 13.2. The minimum atomic E-state index is -0.475. The van der Waals surface area contributed by atoms with Gasteiger partial charge in [-0.3, -0.25) is 0 Å². The number of hydrogen-bond donors (Lipinski definition) is 0. The molecule has 44 heavy (non-hydrogen) atoms. The lowest BCUT2D eigenvalue weighted by Gasteiger charge is -2.28. The average molecular weight is 575 g/mol. The maximum absolute atomic E-state index is 6.30. The van der Waals surface area contributed by atoms with E-state index in [9.17, 15) is 0 Å². The molecular formula is C39H35BN2O2. The highest BCUT2D eigenvalue weighted by molar-refractivity contribution is 6.55. The second-order valence-corrected chi connectivity index (χ2v) is 11.8. The molecule has 2 heterocycles. The third kappa shape index (κ3) is 4.97. The van der Waals surface area contributed by atoms with Crippen LogP contribution in [0.25, 0.3) is 49.7 Å². The smallest absolute Gasteiger partial charge is 0.407 e. The predicted molar refractivity (Wildman–Crippen MR) is 184 cm³/mol. The fourth-order valence-corrected chi connectivity index (χ4v) is 5.97. The van der Waals surface area contributed by atoms with Crippen LogP contribution in [0.5, 0.6) is 0 Å². The maximum Gasteiger partial charge on any atom is 0.503 e. The summed E-state index contributed by atoms with van der Waals surface area (Å²) in [4.78, 5) is 0. The van der Waals surface area contributed by atoms with E-state index in [1.165, 1.54) is 32.7 Å². The molecule has 0 saturated carbocycles. The van der Waals surface area contributed by atoms with Gasteiger partial charge in [0, 0.05) is 57.0 Å². The Labute approximate surface area is 259 Å². The third-order valence-electron chi connectivity index (χ3n) is 8.58. The molecular weight excluding hydrogens is 539 g/mol. The van der Waals surface area contributed by atoms with Crippen molar-refractivity contribution >= 4 is 45.4 Å². The Hall–Kier alpha value is -4.76. The van der Waals surface area contributed by atoms with Crippen LogP contribution < -0.4 is 0 Å². The molecule has 0 radical (unpaired) electrons. The third-order valence-corrected chi connectivity index (χ3v) is 8.58.